The maximum absolute atomic E-state index is 15.7. The Labute approximate surface area is 206 Å². The van der Waals surface area contributed by atoms with E-state index in [1.807, 2.05) is 0 Å². The molecule has 0 saturated heterocycles. The molecule has 1 atom stereocenters. The number of alkyl halides is 4. The fourth-order valence-electron chi connectivity index (χ4n) is 3.30. The van der Waals surface area contributed by atoms with E-state index in [0.717, 1.165) is 18.6 Å². The lowest BCUT2D eigenvalue weighted by molar-refractivity contribution is -0.203. The number of aliphatic hydroxyl groups is 1. The maximum Gasteiger partial charge on any atom is 0.387 e. The molecule has 2 aromatic carbocycles. The molecule has 1 heterocycles. The number of nitrogens with zero attached hydrogens (tertiary/aromatic N) is 3. The number of hydrazone groups is 1. The number of hydrazine groups is 1. The van der Waals surface area contributed by atoms with Gasteiger partial charge in [0.1, 0.15) is 29.4 Å². The highest BCUT2D eigenvalue weighted by Gasteiger charge is 2.58. The van der Waals surface area contributed by atoms with E-state index >= 15 is 8.78 Å². The summed E-state index contributed by atoms with van der Waals surface area (Å²) < 4.78 is 87.9. The number of benzene rings is 2. The molecular formula is C24H19F6N5O2. The molecule has 5 N–H and O–H groups in total. The molecule has 194 valence electrons. The van der Waals surface area contributed by atoms with E-state index in [1.54, 1.807) is 0 Å². The first-order valence-corrected chi connectivity index (χ1v) is 10.3. The quantitative estimate of drug-likeness (QED) is 0.104. The number of ether oxygens (including phenoxy) is 1. The van der Waals surface area contributed by atoms with E-state index in [1.165, 1.54) is 30.3 Å². The Hall–Kier alpha value is -4.28. The smallest absolute Gasteiger partial charge is 0.387 e. The van der Waals surface area contributed by atoms with Crippen LogP contribution in [0.5, 0.6) is 5.75 Å². The SMILES string of the molecule is N/N=C\N(N)CC(O)(c1ccc(F)cc1F)C(F)(F)c1ccc(C#Cc2ccc(OC(F)F)cc2)cn1. The highest BCUT2D eigenvalue weighted by Crippen LogP contribution is 2.45. The minimum Gasteiger partial charge on any atom is -0.435 e. The van der Waals surface area contributed by atoms with Crippen LogP contribution in [-0.4, -0.2) is 34.6 Å². The van der Waals surface area contributed by atoms with Gasteiger partial charge in [0.05, 0.1) is 6.54 Å². The fraction of sp³-hybridized carbons (Fsp3) is 0.167. The van der Waals surface area contributed by atoms with Crippen LogP contribution in [0.15, 0.2) is 65.9 Å². The van der Waals surface area contributed by atoms with E-state index in [0.29, 0.717) is 28.8 Å². The summed E-state index contributed by atoms with van der Waals surface area (Å²) in [5, 5.41) is 14.7. The summed E-state index contributed by atoms with van der Waals surface area (Å²) in [4.78, 5) is 3.67. The Morgan fingerprint density at radius 3 is 2.27 bits per heavy atom. The summed E-state index contributed by atoms with van der Waals surface area (Å²) in [5.74, 6) is 9.08. The topological polar surface area (TPSA) is 110 Å². The number of pyridine rings is 1. The van der Waals surface area contributed by atoms with Crippen LogP contribution < -0.4 is 16.4 Å². The zero-order chi connectivity index (χ0) is 27.2. The van der Waals surface area contributed by atoms with Crippen molar-refractivity contribution in [2.45, 2.75) is 18.1 Å². The van der Waals surface area contributed by atoms with E-state index in [9.17, 15) is 22.7 Å². The standard InChI is InChI=1S/C24H19F6N5O2/c25-17-6-9-19(20(26)11-17)23(36,13-35(32)14-34-31)24(29,30)21-10-5-16(12-33-21)2-1-15-3-7-18(8-4-15)37-22(27)28/h3-12,14,22,36H,13,31-32H2/b34-14-. The molecule has 0 aliphatic heterocycles. The van der Waals surface area contributed by atoms with Gasteiger partial charge < -0.3 is 15.7 Å². The number of hydrogen-bond acceptors (Lipinski definition) is 6. The second-order valence-corrected chi connectivity index (χ2v) is 7.58. The molecule has 0 radical (unpaired) electrons. The van der Waals surface area contributed by atoms with Crippen LogP contribution in [0.2, 0.25) is 0 Å². The summed E-state index contributed by atoms with van der Waals surface area (Å²) in [5.41, 5.74) is -4.62. The van der Waals surface area contributed by atoms with Gasteiger partial charge in [-0.05, 0) is 48.5 Å². The van der Waals surface area contributed by atoms with Crippen LogP contribution in [0.25, 0.3) is 0 Å². The molecule has 0 aliphatic carbocycles. The molecule has 7 nitrogen and oxygen atoms in total. The third-order valence-corrected chi connectivity index (χ3v) is 5.04. The van der Waals surface area contributed by atoms with Crippen molar-refractivity contribution < 1.29 is 36.2 Å². The molecule has 3 rings (SSSR count). The van der Waals surface area contributed by atoms with Crippen molar-refractivity contribution in [2.24, 2.45) is 16.8 Å². The molecule has 1 aromatic heterocycles. The minimum absolute atomic E-state index is 0.0624. The number of nitrogens with two attached hydrogens (primary N) is 2. The van der Waals surface area contributed by atoms with Gasteiger partial charge in [0.25, 0.3) is 0 Å². The molecule has 0 saturated carbocycles. The number of rotatable bonds is 8. The summed E-state index contributed by atoms with van der Waals surface area (Å²) in [6, 6.07) is 9.16. The normalized spacial score (nSPS) is 13.2. The first-order valence-electron chi connectivity index (χ1n) is 10.3. The summed E-state index contributed by atoms with van der Waals surface area (Å²) >= 11 is 0. The molecule has 1 unspecified atom stereocenters. The molecule has 13 heteroatoms. The number of aromatic nitrogens is 1. The van der Waals surface area contributed by atoms with E-state index in [4.69, 9.17) is 11.7 Å². The molecule has 0 bridgehead atoms. The molecule has 0 spiro atoms. The molecular weight excluding hydrogens is 504 g/mol. The van der Waals surface area contributed by atoms with Crippen LogP contribution in [-0.2, 0) is 11.5 Å². The van der Waals surface area contributed by atoms with Gasteiger partial charge in [-0.1, -0.05) is 11.8 Å². The molecule has 0 fully saturated rings. The van der Waals surface area contributed by atoms with Gasteiger partial charge in [-0.15, -0.1) is 0 Å². The van der Waals surface area contributed by atoms with Gasteiger partial charge in [-0.25, -0.2) is 14.6 Å². The first kappa shape index (κ1) is 27.3. The third-order valence-electron chi connectivity index (χ3n) is 5.04. The Kier molecular flexibility index (Phi) is 8.26. The van der Waals surface area contributed by atoms with Crippen LogP contribution >= 0.6 is 0 Å². The van der Waals surface area contributed by atoms with E-state index < -0.39 is 47.6 Å². The minimum atomic E-state index is -4.25. The zero-order valence-corrected chi connectivity index (χ0v) is 18.8. The van der Waals surface area contributed by atoms with Gasteiger partial charge in [0.2, 0.25) is 0 Å². The Morgan fingerprint density at radius 2 is 1.70 bits per heavy atom. The van der Waals surface area contributed by atoms with Crippen LogP contribution in [0.4, 0.5) is 26.3 Å². The number of halogens is 6. The summed E-state index contributed by atoms with van der Waals surface area (Å²) in [6.45, 7) is -4.07. The highest BCUT2D eigenvalue weighted by atomic mass is 19.3. The Bertz CT molecular complexity index is 1310. The van der Waals surface area contributed by atoms with Crippen LogP contribution in [0, 0.1) is 23.5 Å². The van der Waals surface area contributed by atoms with Crippen molar-refractivity contribution in [3.8, 4) is 17.6 Å². The molecule has 0 amide bonds. The van der Waals surface area contributed by atoms with Crippen LogP contribution in [0.3, 0.4) is 0 Å². The predicted molar refractivity (Wildman–Crippen MR) is 121 cm³/mol. The fourth-order valence-corrected chi connectivity index (χ4v) is 3.30. The lowest BCUT2D eigenvalue weighted by Gasteiger charge is -2.37. The average molecular weight is 523 g/mol. The predicted octanol–water partition coefficient (Wildman–Crippen LogP) is 3.42. The Morgan fingerprint density at radius 1 is 1.05 bits per heavy atom. The molecule has 37 heavy (non-hydrogen) atoms. The van der Waals surface area contributed by atoms with E-state index in [2.05, 4.69) is 26.7 Å². The van der Waals surface area contributed by atoms with E-state index in [-0.39, 0.29) is 11.3 Å². The van der Waals surface area contributed by atoms with Gasteiger partial charge in [-0.3, -0.25) is 9.99 Å². The monoisotopic (exact) mass is 523 g/mol. The largest absolute Gasteiger partial charge is 0.435 e. The lowest BCUT2D eigenvalue weighted by Crippen LogP contribution is -2.53. The average Bonchev–Trinajstić information content (AvgIpc) is 2.83. The van der Waals surface area contributed by atoms with Gasteiger partial charge in [-0.2, -0.15) is 22.7 Å². The molecule has 3 aromatic rings. The summed E-state index contributed by atoms with van der Waals surface area (Å²) in [6.07, 6.45) is 1.72. The first-order chi connectivity index (χ1) is 17.5. The van der Waals surface area contributed by atoms with Gasteiger partial charge >= 0.3 is 12.5 Å². The lowest BCUT2D eigenvalue weighted by atomic mass is 9.84. The summed E-state index contributed by atoms with van der Waals surface area (Å²) in [7, 11) is 0. The van der Waals surface area contributed by atoms with Gasteiger partial charge in [0, 0.05) is 29.0 Å². The second-order valence-electron chi connectivity index (χ2n) is 7.58. The third kappa shape index (κ3) is 6.29. The van der Waals surface area contributed by atoms with Crippen molar-refractivity contribution >= 4 is 6.34 Å². The van der Waals surface area contributed by atoms with Crippen molar-refractivity contribution in [3.05, 3.63) is 94.8 Å². The van der Waals surface area contributed by atoms with Crippen LogP contribution in [0.1, 0.15) is 22.4 Å². The van der Waals surface area contributed by atoms with Crippen molar-refractivity contribution in [1.29, 1.82) is 0 Å². The highest BCUT2D eigenvalue weighted by molar-refractivity contribution is 5.54. The van der Waals surface area contributed by atoms with Gasteiger partial charge in [0.15, 0.2) is 5.60 Å². The van der Waals surface area contributed by atoms with Crippen molar-refractivity contribution in [2.75, 3.05) is 6.54 Å². The van der Waals surface area contributed by atoms with Crippen molar-refractivity contribution in [1.82, 2.24) is 9.99 Å². The molecule has 0 aliphatic rings. The maximum atomic E-state index is 15.7. The van der Waals surface area contributed by atoms with Crippen molar-refractivity contribution in [3.63, 3.8) is 0 Å². The second kappa shape index (κ2) is 11.2. The number of hydrogen-bond donors (Lipinski definition) is 3. The Balaban J connectivity index is 1.92. The zero-order valence-electron chi connectivity index (χ0n) is 18.8.